The van der Waals surface area contributed by atoms with Crippen molar-refractivity contribution >= 4 is 15.7 Å². The number of aryl methyl sites for hydroxylation is 1. The number of nitrogens with two attached hydrogens (primary N) is 1. The lowest BCUT2D eigenvalue weighted by atomic mass is 10.2. The zero-order valence-corrected chi connectivity index (χ0v) is 11.4. The van der Waals surface area contributed by atoms with E-state index in [2.05, 4.69) is 4.72 Å². The molecule has 0 bridgehead atoms. The number of hydrogen-bond acceptors (Lipinski definition) is 3. The van der Waals surface area contributed by atoms with E-state index < -0.39 is 10.0 Å². The first kappa shape index (κ1) is 13.6. The molecule has 3 N–H and O–H groups in total. The second-order valence-electron chi connectivity index (χ2n) is 4.32. The van der Waals surface area contributed by atoms with E-state index in [1.54, 1.807) is 42.5 Å². The van der Waals surface area contributed by atoms with Gasteiger partial charge in [0.05, 0.1) is 4.90 Å². The van der Waals surface area contributed by atoms with Gasteiger partial charge < -0.3 is 5.73 Å². The van der Waals surface area contributed by atoms with Crippen LogP contribution in [-0.4, -0.2) is 8.42 Å². The van der Waals surface area contributed by atoms with Gasteiger partial charge in [-0.2, -0.15) is 0 Å². The predicted octanol–water partition coefficient (Wildman–Crippen LogP) is 2.25. The van der Waals surface area contributed by atoms with Gasteiger partial charge in [-0.05, 0) is 36.8 Å². The fraction of sp³-hybridized carbons (Fsp3) is 0.143. The molecule has 0 heterocycles. The highest BCUT2D eigenvalue weighted by Crippen LogP contribution is 2.17. The Morgan fingerprint density at radius 1 is 1.11 bits per heavy atom. The summed E-state index contributed by atoms with van der Waals surface area (Å²) in [4.78, 5) is 0.247. The molecule has 2 aromatic rings. The predicted molar refractivity (Wildman–Crippen MR) is 76.3 cm³/mol. The Kier molecular flexibility index (Phi) is 3.87. The number of rotatable bonds is 4. The lowest BCUT2D eigenvalue weighted by molar-refractivity contribution is 0.601. The molecule has 2 aromatic carbocycles. The maximum atomic E-state index is 12.2. The topological polar surface area (TPSA) is 72.2 Å². The van der Waals surface area contributed by atoms with Gasteiger partial charge in [-0.25, -0.2) is 8.42 Å². The Morgan fingerprint density at radius 3 is 2.42 bits per heavy atom. The Morgan fingerprint density at radius 2 is 1.79 bits per heavy atom. The summed E-state index contributed by atoms with van der Waals surface area (Å²) in [6, 6.07) is 13.8. The summed E-state index contributed by atoms with van der Waals surface area (Å²) in [6.07, 6.45) is 0. The van der Waals surface area contributed by atoms with Crippen molar-refractivity contribution in [2.75, 3.05) is 4.72 Å². The van der Waals surface area contributed by atoms with Crippen LogP contribution in [0, 0.1) is 6.92 Å². The minimum absolute atomic E-state index is 0.247. The monoisotopic (exact) mass is 276 g/mol. The third-order valence-electron chi connectivity index (χ3n) is 2.75. The molecule has 0 aliphatic carbocycles. The van der Waals surface area contributed by atoms with Crippen molar-refractivity contribution in [2.45, 2.75) is 18.4 Å². The number of anilines is 1. The Labute approximate surface area is 113 Å². The summed E-state index contributed by atoms with van der Waals surface area (Å²) < 4.78 is 26.9. The van der Waals surface area contributed by atoms with Gasteiger partial charge in [0.1, 0.15) is 0 Å². The standard InChI is InChI=1S/C14H16N2O2S/c1-11-5-7-14(8-6-11)19(17,18)16-13-4-2-3-12(9-13)10-15/h2-9,16H,10,15H2,1H3. The highest BCUT2D eigenvalue weighted by molar-refractivity contribution is 7.92. The first-order valence-electron chi connectivity index (χ1n) is 5.90. The van der Waals surface area contributed by atoms with E-state index in [0.717, 1.165) is 11.1 Å². The molecule has 0 unspecified atom stereocenters. The molecule has 4 nitrogen and oxygen atoms in total. The summed E-state index contributed by atoms with van der Waals surface area (Å²) >= 11 is 0. The van der Waals surface area contributed by atoms with Gasteiger partial charge in [-0.15, -0.1) is 0 Å². The van der Waals surface area contributed by atoms with Crippen molar-refractivity contribution in [1.29, 1.82) is 0 Å². The molecule has 0 aliphatic heterocycles. The molecular weight excluding hydrogens is 260 g/mol. The van der Waals surface area contributed by atoms with E-state index in [1.165, 1.54) is 0 Å². The SMILES string of the molecule is Cc1ccc(S(=O)(=O)Nc2cccc(CN)c2)cc1. The van der Waals surface area contributed by atoms with Crippen LogP contribution in [0.5, 0.6) is 0 Å². The van der Waals surface area contributed by atoms with Gasteiger partial charge in [-0.3, -0.25) is 4.72 Å². The molecule has 2 rings (SSSR count). The highest BCUT2D eigenvalue weighted by atomic mass is 32.2. The van der Waals surface area contributed by atoms with Gasteiger partial charge in [0.25, 0.3) is 10.0 Å². The van der Waals surface area contributed by atoms with Crippen LogP contribution in [0.15, 0.2) is 53.4 Å². The third kappa shape index (κ3) is 3.33. The van der Waals surface area contributed by atoms with E-state index in [0.29, 0.717) is 12.2 Å². The van der Waals surface area contributed by atoms with E-state index >= 15 is 0 Å². The Bertz CT molecular complexity index is 664. The zero-order valence-electron chi connectivity index (χ0n) is 10.6. The first-order valence-corrected chi connectivity index (χ1v) is 7.38. The van der Waals surface area contributed by atoms with Crippen molar-refractivity contribution in [3.8, 4) is 0 Å². The van der Waals surface area contributed by atoms with Gasteiger partial charge in [0.2, 0.25) is 0 Å². The van der Waals surface area contributed by atoms with E-state index in [1.807, 2.05) is 13.0 Å². The van der Waals surface area contributed by atoms with Gasteiger partial charge >= 0.3 is 0 Å². The van der Waals surface area contributed by atoms with Crippen molar-refractivity contribution in [3.63, 3.8) is 0 Å². The normalized spacial score (nSPS) is 11.3. The molecule has 19 heavy (non-hydrogen) atoms. The molecule has 100 valence electrons. The molecule has 0 aliphatic rings. The van der Waals surface area contributed by atoms with Crippen LogP contribution >= 0.6 is 0 Å². The molecule has 0 amide bonds. The van der Waals surface area contributed by atoms with E-state index in [4.69, 9.17) is 5.73 Å². The third-order valence-corrected chi connectivity index (χ3v) is 4.14. The summed E-state index contributed by atoms with van der Waals surface area (Å²) in [5.74, 6) is 0. The fourth-order valence-corrected chi connectivity index (χ4v) is 2.74. The summed E-state index contributed by atoms with van der Waals surface area (Å²) in [6.45, 7) is 2.29. The maximum Gasteiger partial charge on any atom is 0.261 e. The second-order valence-corrected chi connectivity index (χ2v) is 6.01. The molecule has 0 spiro atoms. The average molecular weight is 276 g/mol. The van der Waals surface area contributed by atoms with Crippen molar-refractivity contribution in [1.82, 2.24) is 0 Å². The highest BCUT2D eigenvalue weighted by Gasteiger charge is 2.13. The van der Waals surface area contributed by atoms with Crippen LogP contribution in [0.25, 0.3) is 0 Å². The summed E-state index contributed by atoms with van der Waals surface area (Å²) in [7, 11) is -3.55. The average Bonchev–Trinajstić information content (AvgIpc) is 2.39. The lowest BCUT2D eigenvalue weighted by Crippen LogP contribution is -2.13. The quantitative estimate of drug-likeness (QED) is 0.899. The van der Waals surface area contributed by atoms with Crippen molar-refractivity contribution in [2.24, 2.45) is 5.73 Å². The zero-order chi connectivity index (χ0) is 13.9. The van der Waals surface area contributed by atoms with Gasteiger partial charge in [0.15, 0.2) is 0 Å². The number of hydrogen-bond donors (Lipinski definition) is 2. The molecule has 0 fully saturated rings. The molecule has 0 saturated heterocycles. The van der Waals surface area contributed by atoms with E-state index in [-0.39, 0.29) is 4.90 Å². The Hall–Kier alpha value is -1.85. The van der Waals surface area contributed by atoms with Crippen molar-refractivity contribution < 1.29 is 8.42 Å². The number of benzene rings is 2. The molecule has 0 radical (unpaired) electrons. The van der Waals surface area contributed by atoms with Crippen LogP contribution in [0.3, 0.4) is 0 Å². The Balaban J connectivity index is 2.28. The maximum absolute atomic E-state index is 12.2. The minimum atomic E-state index is -3.55. The van der Waals surface area contributed by atoms with Crippen LogP contribution in [0.2, 0.25) is 0 Å². The van der Waals surface area contributed by atoms with Crippen LogP contribution in [0.1, 0.15) is 11.1 Å². The van der Waals surface area contributed by atoms with Crippen molar-refractivity contribution in [3.05, 3.63) is 59.7 Å². The molecular formula is C14H16N2O2S. The molecule has 0 atom stereocenters. The fourth-order valence-electron chi connectivity index (χ4n) is 1.69. The molecule has 5 heteroatoms. The van der Waals surface area contributed by atoms with Crippen LogP contribution in [-0.2, 0) is 16.6 Å². The molecule has 0 saturated carbocycles. The number of nitrogens with one attached hydrogen (secondary N) is 1. The van der Waals surface area contributed by atoms with Crippen LogP contribution < -0.4 is 10.5 Å². The first-order chi connectivity index (χ1) is 9.01. The van der Waals surface area contributed by atoms with Crippen LogP contribution in [0.4, 0.5) is 5.69 Å². The largest absolute Gasteiger partial charge is 0.326 e. The van der Waals surface area contributed by atoms with Gasteiger partial charge in [-0.1, -0.05) is 29.8 Å². The minimum Gasteiger partial charge on any atom is -0.326 e. The summed E-state index contributed by atoms with van der Waals surface area (Å²) in [5.41, 5.74) is 7.95. The number of sulfonamides is 1. The lowest BCUT2D eigenvalue weighted by Gasteiger charge is -2.09. The smallest absolute Gasteiger partial charge is 0.261 e. The second kappa shape index (κ2) is 5.42. The summed E-state index contributed by atoms with van der Waals surface area (Å²) in [5, 5.41) is 0. The van der Waals surface area contributed by atoms with Gasteiger partial charge in [0, 0.05) is 12.2 Å². The molecule has 0 aromatic heterocycles. The van der Waals surface area contributed by atoms with E-state index in [9.17, 15) is 8.42 Å².